The summed E-state index contributed by atoms with van der Waals surface area (Å²) in [5.41, 5.74) is 0.466. The second-order valence-electron chi connectivity index (χ2n) is 8.21. The monoisotopic (exact) mass is 472 g/mol. The van der Waals surface area contributed by atoms with Crippen LogP contribution in [0.3, 0.4) is 0 Å². The van der Waals surface area contributed by atoms with Crippen molar-refractivity contribution >= 4 is 23.5 Å². The Labute approximate surface area is 194 Å². The van der Waals surface area contributed by atoms with E-state index in [2.05, 4.69) is 22.5 Å². The van der Waals surface area contributed by atoms with Gasteiger partial charge in [-0.3, -0.25) is 9.59 Å². The Morgan fingerprint density at radius 2 is 1.94 bits per heavy atom. The van der Waals surface area contributed by atoms with Crippen LogP contribution in [0.1, 0.15) is 28.8 Å². The lowest BCUT2D eigenvalue weighted by atomic mass is 9.95. The maximum absolute atomic E-state index is 13.3. The van der Waals surface area contributed by atoms with Crippen molar-refractivity contribution in [1.29, 1.82) is 0 Å². The largest absolute Gasteiger partial charge is 0.416 e. The molecule has 0 spiro atoms. The Hall–Kier alpha value is -3.82. The van der Waals surface area contributed by atoms with E-state index in [4.69, 9.17) is 0 Å². The first-order valence-corrected chi connectivity index (χ1v) is 10.8. The van der Waals surface area contributed by atoms with E-state index in [1.165, 1.54) is 29.2 Å². The quantitative estimate of drug-likeness (QED) is 0.592. The molecule has 1 saturated heterocycles. The van der Waals surface area contributed by atoms with Crippen LogP contribution in [-0.2, 0) is 11.0 Å². The number of rotatable bonds is 4. The number of nitrogens with one attached hydrogen (secondary N) is 3. The lowest BCUT2D eigenvalue weighted by molar-refractivity contribution is -0.137. The van der Waals surface area contributed by atoms with Crippen LogP contribution in [0, 0.1) is 0 Å². The second kappa shape index (κ2) is 9.20. The van der Waals surface area contributed by atoms with E-state index in [0.717, 1.165) is 12.1 Å². The van der Waals surface area contributed by atoms with E-state index in [1.54, 1.807) is 12.1 Å². The number of carbonyl (C=O) groups is 3. The van der Waals surface area contributed by atoms with Crippen molar-refractivity contribution in [2.75, 3.05) is 18.4 Å². The third-order valence-corrected chi connectivity index (χ3v) is 5.94. The van der Waals surface area contributed by atoms with Crippen LogP contribution in [0.4, 0.5) is 23.7 Å². The van der Waals surface area contributed by atoms with Crippen molar-refractivity contribution in [2.45, 2.75) is 31.1 Å². The molecule has 2 aliphatic heterocycles. The first-order valence-electron chi connectivity index (χ1n) is 10.8. The van der Waals surface area contributed by atoms with Crippen LogP contribution in [0.15, 0.2) is 55.1 Å². The summed E-state index contributed by atoms with van der Waals surface area (Å²) in [6.45, 7) is 4.08. The van der Waals surface area contributed by atoms with Crippen LogP contribution in [0.5, 0.6) is 0 Å². The molecule has 2 unspecified atom stereocenters. The summed E-state index contributed by atoms with van der Waals surface area (Å²) in [4.78, 5) is 39.7. The maximum atomic E-state index is 13.3. The number of carbonyl (C=O) groups excluding carboxylic acids is 3. The number of urea groups is 1. The van der Waals surface area contributed by atoms with Crippen molar-refractivity contribution in [3.05, 3.63) is 66.2 Å². The fraction of sp³-hybridized carbons (Fsp3) is 0.292. The Morgan fingerprint density at radius 3 is 2.68 bits per heavy atom. The zero-order valence-corrected chi connectivity index (χ0v) is 18.1. The molecule has 178 valence electrons. The highest BCUT2D eigenvalue weighted by Crippen LogP contribution is 2.35. The smallest absolute Gasteiger partial charge is 0.335 e. The molecule has 2 atom stereocenters. The fourth-order valence-corrected chi connectivity index (χ4v) is 4.24. The third-order valence-electron chi connectivity index (χ3n) is 5.94. The molecule has 1 fully saturated rings. The first-order chi connectivity index (χ1) is 16.2. The molecule has 0 aromatic heterocycles. The van der Waals surface area contributed by atoms with Crippen molar-refractivity contribution in [2.24, 2.45) is 0 Å². The van der Waals surface area contributed by atoms with Gasteiger partial charge in [0.1, 0.15) is 6.04 Å². The number of hydrogen-bond acceptors (Lipinski definition) is 3. The molecule has 2 aromatic rings. The molecular weight excluding hydrogens is 449 g/mol. The molecule has 0 radical (unpaired) electrons. The zero-order chi connectivity index (χ0) is 24.5. The van der Waals surface area contributed by atoms with Crippen molar-refractivity contribution in [3.8, 4) is 11.1 Å². The molecule has 4 rings (SSSR count). The summed E-state index contributed by atoms with van der Waals surface area (Å²) < 4.78 is 39.4. The van der Waals surface area contributed by atoms with Gasteiger partial charge in [0, 0.05) is 19.1 Å². The normalized spacial score (nSPS) is 19.9. The first kappa shape index (κ1) is 23.3. The Balaban J connectivity index is 1.58. The van der Waals surface area contributed by atoms with Crippen LogP contribution in [0.25, 0.3) is 11.1 Å². The molecule has 2 aromatic carbocycles. The average molecular weight is 472 g/mol. The maximum Gasteiger partial charge on any atom is 0.416 e. The van der Waals surface area contributed by atoms with Crippen LogP contribution in [-0.4, -0.2) is 47.9 Å². The Morgan fingerprint density at radius 1 is 1.18 bits per heavy atom. The van der Waals surface area contributed by atoms with Gasteiger partial charge in [-0.05, 0) is 48.2 Å². The van der Waals surface area contributed by atoms with Gasteiger partial charge < -0.3 is 20.9 Å². The molecule has 3 N–H and O–H groups in total. The molecular formula is C24H23F3N4O3. The van der Waals surface area contributed by atoms with Gasteiger partial charge in [0.2, 0.25) is 5.91 Å². The number of hydrogen-bond donors (Lipinski definition) is 3. The van der Waals surface area contributed by atoms with Gasteiger partial charge in [-0.15, -0.1) is 6.58 Å². The SMILES string of the molecule is C=CCNC(=O)NC1CCN2C(=O)c3cc(-c4cccc(C(F)(F)F)c4)ccc3NC(=O)C2C1. The highest BCUT2D eigenvalue weighted by Gasteiger charge is 2.40. The number of halogens is 3. The average Bonchev–Trinajstić information content (AvgIpc) is 2.91. The number of anilines is 1. The molecule has 2 aliphatic rings. The van der Waals surface area contributed by atoms with E-state index in [9.17, 15) is 27.6 Å². The van der Waals surface area contributed by atoms with E-state index in [-0.39, 0.29) is 42.4 Å². The predicted octanol–water partition coefficient (Wildman–Crippen LogP) is 3.78. The minimum absolute atomic E-state index is 0.209. The van der Waals surface area contributed by atoms with E-state index in [0.29, 0.717) is 29.8 Å². The summed E-state index contributed by atoms with van der Waals surface area (Å²) in [6, 6.07) is 7.99. The highest BCUT2D eigenvalue weighted by atomic mass is 19.4. The number of benzene rings is 2. The lowest BCUT2D eigenvalue weighted by Crippen LogP contribution is -2.56. The minimum atomic E-state index is -4.49. The lowest BCUT2D eigenvalue weighted by Gasteiger charge is -2.37. The summed E-state index contributed by atoms with van der Waals surface area (Å²) in [5, 5.41) is 8.17. The van der Waals surface area contributed by atoms with Crippen molar-refractivity contribution in [3.63, 3.8) is 0 Å². The highest BCUT2D eigenvalue weighted by molar-refractivity contribution is 6.10. The summed E-state index contributed by atoms with van der Waals surface area (Å²) >= 11 is 0. The molecule has 0 aliphatic carbocycles. The van der Waals surface area contributed by atoms with Gasteiger partial charge in [-0.1, -0.05) is 24.3 Å². The molecule has 10 heteroatoms. The number of fused-ring (bicyclic) bond motifs is 2. The summed E-state index contributed by atoms with van der Waals surface area (Å²) in [5.74, 6) is -0.765. The van der Waals surface area contributed by atoms with Gasteiger partial charge in [-0.25, -0.2) is 4.79 Å². The third kappa shape index (κ3) is 4.75. The van der Waals surface area contributed by atoms with Gasteiger partial charge in [-0.2, -0.15) is 13.2 Å². The second-order valence-corrected chi connectivity index (χ2v) is 8.21. The minimum Gasteiger partial charge on any atom is -0.335 e. The molecule has 4 amide bonds. The zero-order valence-electron chi connectivity index (χ0n) is 18.1. The van der Waals surface area contributed by atoms with E-state index < -0.39 is 17.8 Å². The van der Waals surface area contributed by atoms with Gasteiger partial charge >= 0.3 is 12.2 Å². The molecule has 0 bridgehead atoms. The fourth-order valence-electron chi connectivity index (χ4n) is 4.24. The Kier molecular flexibility index (Phi) is 6.32. The standard InChI is InChI=1S/C24H23F3N4O3/c1-2-9-28-23(34)29-17-8-10-31-20(13-17)21(32)30-19-7-6-15(12-18(19)22(31)33)14-4-3-5-16(11-14)24(25,26)27/h2-7,11-12,17,20H,1,8-10,13H2,(H,30,32)(H2,28,29,34). The summed E-state index contributed by atoms with van der Waals surface area (Å²) in [6.07, 6.45) is -2.24. The number of piperidine rings is 1. The summed E-state index contributed by atoms with van der Waals surface area (Å²) in [7, 11) is 0. The number of alkyl halides is 3. The Bertz CT molecular complexity index is 1150. The van der Waals surface area contributed by atoms with Gasteiger partial charge in [0.15, 0.2) is 0 Å². The predicted molar refractivity (Wildman–Crippen MR) is 120 cm³/mol. The van der Waals surface area contributed by atoms with E-state index >= 15 is 0 Å². The van der Waals surface area contributed by atoms with Crippen molar-refractivity contribution < 1.29 is 27.6 Å². The molecule has 2 heterocycles. The number of nitrogens with zero attached hydrogens (tertiary/aromatic N) is 1. The topological polar surface area (TPSA) is 90.5 Å². The molecule has 34 heavy (non-hydrogen) atoms. The van der Waals surface area contributed by atoms with Crippen LogP contribution >= 0.6 is 0 Å². The van der Waals surface area contributed by atoms with Gasteiger partial charge in [0.25, 0.3) is 5.91 Å². The molecule has 7 nitrogen and oxygen atoms in total. The van der Waals surface area contributed by atoms with Crippen LogP contribution < -0.4 is 16.0 Å². The van der Waals surface area contributed by atoms with E-state index in [1.807, 2.05) is 0 Å². The molecule has 0 saturated carbocycles. The number of amides is 4. The van der Waals surface area contributed by atoms with Gasteiger partial charge in [0.05, 0.1) is 16.8 Å². The van der Waals surface area contributed by atoms with Crippen LogP contribution in [0.2, 0.25) is 0 Å². The van der Waals surface area contributed by atoms with Crippen molar-refractivity contribution in [1.82, 2.24) is 15.5 Å².